The quantitative estimate of drug-likeness (QED) is 0.837. The smallest absolute Gasteiger partial charge is 0.407 e. The zero-order valence-electron chi connectivity index (χ0n) is 12.6. The lowest BCUT2D eigenvalue weighted by atomic mass is 10.0. The monoisotopic (exact) mass is 277 g/mol. The van der Waals surface area contributed by atoms with Crippen molar-refractivity contribution >= 4 is 11.9 Å². The van der Waals surface area contributed by atoms with Gasteiger partial charge in [-0.3, -0.25) is 4.79 Å². The van der Waals surface area contributed by atoms with Gasteiger partial charge in [0.2, 0.25) is 0 Å². The Balaban J connectivity index is 2.35. The second-order valence-electron chi connectivity index (χ2n) is 5.88. The molecule has 0 radical (unpaired) electrons. The molecule has 1 rings (SSSR count). The summed E-state index contributed by atoms with van der Waals surface area (Å²) < 4.78 is 5.16. The van der Waals surface area contributed by atoms with Crippen molar-refractivity contribution in [3.63, 3.8) is 0 Å². The molecule has 1 aromatic rings. The zero-order valence-corrected chi connectivity index (χ0v) is 12.6. The molecule has 20 heavy (non-hydrogen) atoms. The maximum Gasteiger partial charge on any atom is 0.407 e. The topological polar surface area (TPSA) is 55.4 Å². The first-order valence-corrected chi connectivity index (χ1v) is 6.86. The van der Waals surface area contributed by atoms with E-state index < -0.39 is 11.7 Å². The Morgan fingerprint density at radius 2 is 1.80 bits per heavy atom. The molecule has 1 atom stereocenters. The van der Waals surface area contributed by atoms with Gasteiger partial charge in [0.25, 0.3) is 0 Å². The molecule has 0 aromatic heterocycles. The van der Waals surface area contributed by atoms with Crippen molar-refractivity contribution in [2.45, 2.75) is 52.2 Å². The van der Waals surface area contributed by atoms with Crippen molar-refractivity contribution in [3.8, 4) is 0 Å². The van der Waals surface area contributed by atoms with Crippen LogP contribution < -0.4 is 5.32 Å². The number of alkyl carbamates (subject to hydrolysis) is 1. The molecule has 0 heterocycles. The maximum atomic E-state index is 11.9. The van der Waals surface area contributed by atoms with Crippen LogP contribution in [-0.4, -0.2) is 23.5 Å². The first-order valence-electron chi connectivity index (χ1n) is 6.86. The van der Waals surface area contributed by atoms with Crippen LogP contribution in [0.1, 0.15) is 50.9 Å². The predicted octanol–water partition coefficient (Wildman–Crippen LogP) is 3.56. The van der Waals surface area contributed by atoms with E-state index in [0.717, 1.165) is 0 Å². The average molecular weight is 277 g/mol. The molecule has 1 amide bonds. The fraction of sp³-hybridized carbons (Fsp3) is 0.500. The highest BCUT2D eigenvalue weighted by Gasteiger charge is 2.18. The van der Waals surface area contributed by atoms with Crippen LogP contribution in [0.4, 0.5) is 4.79 Å². The molecule has 4 nitrogen and oxygen atoms in total. The Labute approximate surface area is 120 Å². The van der Waals surface area contributed by atoms with Gasteiger partial charge >= 0.3 is 6.09 Å². The number of hydrogen-bond donors (Lipinski definition) is 1. The Hall–Kier alpha value is -1.84. The Morgan fingerprint density at radius 3 is 2.35 bits per heavy atom. The third-order valence-corrected chi connectivity index (χ3v) is 2.66. The van der Waals surface area contributed by atoms with Crippen LogP contribution in [0, 0.1) is 0 Å². The largest absolute Gasteiger partial charge is 0.444 e. The molecule has 0 saturated heterocycles. The van der Waals surface area contributed by atoms with E-state index in [1.54, 1.807) is 12.1 Å². The second kappa shape index (κ2) is 7.08. The van der Waals surface area contributed by atoms with Crippen LogP contribution in [0.3, 0.4) is 0 Å². The van der Waals surface area contributed by atoms with E-state index in [4.69, 9.17) is 4.74 Å². The van der Waals surface area contributed by atoms with Crippen LogP contribution in [0.5, 0.6) is 0 Å². The van der Waals surface area contributed by atoms with E-state index in [-0.39, 0.29) is 11.8 Å². The van der Waals surface area contributed by atoms with Gasteiger partial charge in [-0.25, -0.2) is 4.79 Å². The van der Waals surface area contributed by atoms with Gasteiger partial charge in [-0.05, 0) is 34.1 Å². The second-order valence-corrected chi connectivity index (χ2v) is 5.88. The van der Waals surface area contributed by atoms with Crippen molar-refractivity contribution in [3.05, 3.63) is 35.9 Å². The summed E-state index contributed by atoms with van der Waals surface area (Å²) in [5.74, 6) is 0.0865. The van der Waals surface area contributed by atoms with Gasteiger partial charge in [-0.15, -0.1) is 0 Å². The lowest BCUT2D eigenvalue weighted by Gasteiger charge is -2.21. The molecule has 1 N–H and O–H groups in total. The van der Waals surface area contributed by atoms with Crippen LogP contribution in [0.15, 0.2) is 30.3 Å². The minimum atomic E-state index is -0.510. The number of amides is 1. The van der Waals surface area contributed by atoms with Crippen LogP contribution in [-0.2, 0) is 4.74 Å². The SMILES string of the molecule is CC(CCC(=O)c1ccccc1)NC(=O)OC(C)(C)C. The number of benzene rings is 1. The summed E-state index contributed by atoms with van der Waals surface area (Å²) in [6.45, 7) is 7.31. The van der Waals surface area contributed by atoms with Gasteiger partial charge in [0.05, 0.1) is 0 Å². The molecular formula is C16H23NO3. The van der Waals surface area contributed by atoms with Gasteiger partial charge < -0.3 is 10.1 Å². The normalized spacial score (nSPS) is 12.6. The maximum absolute atomic E-state index is 11.9. The number of nitrogens with one attached hydrogen (secondary N) is 1. The van der Waals surface area contributed by atoms with E-state index >= 15 is 0 Å². The van der Waals surface area contributed by atoms with Gasteiger partial charge in [0.1, 0.15) is 5.60 Å². The highest BCUT2D eigenvalue weighted by Crippen LogP contribution is 2.09. The number of hydrogen-bond acceptors (Lipinski definition) is 3. The van der Waals surface area contributed by atoms with E-state index in [0.29, 0.717) is 18.4 Å². The number of carbonyl (C=O) groups is 2. The van der Waals surface area contributed by atoms with E-state index in [9.17, 15) is 9.59 Å². The van der Waals surface area contributed by atoms with Gasteiger partial charge in [-0.2, -0.15) is 0 Å². The third-order valence-electron chi connectivity index (χ3n) is 2.66. The molecular weight excluding hydrogens is 254 g/mol. The highest BCUT2D eigenvalue weighted by atomic mass is 16.6. The predicted molar refractivity (Wildman–Crippen MR) is 78.8 cm³/mol. The molecule has 4 heteroatoms. The van der Waals surface area contributed by atoms with Crippen molar-refractivity contribution < 1.29 is 14.3 Å². The number of carbonyl (C=O) groups excluding carboxylic acids is 2. The van der Waals surface area contributed by atoms with Crippen LogP contribution >= 0.6 is 0 Å². The minimum absolute atomic E-state index is 0.0865. The van der Waals surface area contributed by atoms with E-state index in [1.807, 2.05) is 45.9 Å². The van der Waals surface area contributed by atoms with Crippen molar-refractivity contribution in [2.24, 2.45) is 0 Å². The van der Waals surface area contributed by atoms with Gasteiger partial charge in [-0.1, -0.05) is 30.3 Å². The van der Waals surface area contributed by atoms with E-state index in [1.165, 1.54) is 0 Å². The Bertz CT molecular complexity index is 449. The first kappa shape index (κ1) is 16.2. The fourth-order valence-electron chi connectivity index (χ4n) is 1.70. The Morgan fingerprint density at radius 1 is 1.20 bits per heavy atom. The van der Waals surface area contributed by atoms with Crippen molar-refractivity contribution in [1.29, 1.82) is 0 Å². The first-order chi connectivity index (χ1) is 9.28. The molecule has 0 bridgehead atoms. The molecule has 0 spiro atoms. The zero-order chi connectivity index (χ0) is 15.2. The summed E-state index contributed by atoms with van der Waals surface area (Å²) in [6, 6.07) is 9.06. The Kier molecular flexibility index (Phi) is 5.74. The lowest BCUT2D eigenvalue weighted by molar-refractivity contribution is 0.0504. The standard InChI is InChI=1S/C16H23NO3/c1-12(17-15(19)20-16(2,3)4)10-11-14(18)13-8-6-5-7-9-13/h5-9,12H,10-11H2,1-4H3,(H,17,19). The van der Waals surface area contributed by atoms with Crippen molar-refractivity contribution in [2.75, 3.05) is 0 Å². The number of ketones is 1. The minimum Gasteiger partial charge on any atom is -0.444 e. The number of Topliss-reactive ketones (excluding diaryl/α,β-unsaturated/α-hetero) is 1. The van der Waals surface area contributed by atoms with Crippen molar-refractivity contribution in [1.82, 2.24) is 5.32 Å². The molecule has 0 saturated carbocycles. The molecule has 0 aliphatic carbocycles. The fourth-order valence-corrected chi connectivity index (χ4v) is 1.70. The van der Waals surface area contributed by atoms with Gasteiger partial charge in [0.15, 0.2) is 5.78 Å². The summed E-state index contributed by atoms with van der Waals surface area (Å²) >= 11 is 0. The summed E-state index contributed by atoms with van der Waals surface area (Å²) in [7, 11) is 0. The molecule has 110 valence electrons. The van der Waals surface area contributed by atoms with Crippen LogP contribution in [0.25, 0.3) is 0 Å². The summed E-state index contributed by atoms with van der Waals surface area (Å²) in [5, 5.41) is 2.73. The summed E-state index contributed by atoms with van der Waals surface area (Å²) in [5.41, 5.74) is 0.195. The number of rotatable bonds is 5. The number of ether oxygens (including phenoxy) is 1. The molecule has 0 aliphatic heterocycles. The lowest BCUT2D eigenvalue weighted by Crippen LogP contribution is -2.37. The molecule has 0 fully saturated rings. The summed E-state index contributed by atoms with van der Waals surface area (Å²) in [6.07, 6.45) is 0.547. The molecule has 1 aromatic carbocycles. The summed E-state index contributed by atoms with van der Waals surface area (Å²) in [4.78, 5) is 23.5. The highest BCUT2D eigenvalue weighted by molar-refractivity contribution is 5.96. The molecule has 0 aliphatic rings. The average Bonchev–Trinajstić information content (AvgIpc) is 2.34. The van der Waals surface area contributed by atoms with Crippen LogP contribution in [0.2, 0.25) is 0 Å². The van der Waals surface area contributed by atoms with E-state index in [2.05, 4.69) is 5.32 Å². The third kappa shape index (κ3) is 6.36. The molecule has 1 unspecified atom stereocenters. The van der Waals surface area contributed by atoms with Gasteiger partial charge in [0, 0.05) is 18.0 Å².